The standard InChI is InChI=1S/C13H18N2O3/c1-9(15(2)3)14-13(16)10-6-11(17-4)8-12(7-10)18-5/h6-8H,1-5H3. The molecular weight excluding hydrogens is 232 g/mol. The monoisotopic (exact) mass is 250 g/mol. The van der Waals surface area contributed by atoms with E-state index in [9.17, 15) is 4.79 Å². The Morgan fingerprint density at radius 1 is 1.11 bits per heavy atom. The molecule has 0 aliphatic carbocycles. The van der Waals surface area contributed by atoms with Crippen LogP contribution in [0.3, 0.4) is 0 Å². The molecule has 1 aromatic carbocycles. The van der Waals surface area contributed by atoms with Gasteiger partial charge in [-0.2, -0.15) is 4.99 Å². The van der Waals surface area contributed by atoms with E-state index in [0.717, 1.165) is 0 Å². The lowest BCUT2D eigenvalue weighted by Crippen LogP contribution is -2.19. The Hall–Kier alpha value is -2.04. The fraction of sp³-hybridized carbons (Fsp3) is 0.385. The molecule has 0 saturated heterocycles. The molecule has 0 unspecified atom stereocenters. The molecule has 0 spiro atoms. The summed E-state index contributed by atoms with van der Waals surface area (Å²) in [6.07, 6.45) is 0. The first-order valence-corrected chi connectivity index (χ1v) is 5.48. The highest BCUT2D eigenvalue weighted by Crippen LogP contribution is 2.22. The van der Waals surface area contributed by atoms with Crippen LogP contribution in [0.25, 0.3) is 0 Å². The van der Waals surface area contributed by atoms with Crippen molar-refractivity contribution in [2.75, 3.05) is 28.3 Å². The number of amides is 1. The van der Waals surface area contributed by atoms with Crippen molar-refractivity contribution in [1.29, 1.82) is 0 Å². The predicted molar refractivity (Wildman–Crippen MR) is 70.7 cm³/mol. The van der Waals surface area contributed by atoms with Crippen LogP contribution in [0, 0.1) is 0 Å². The number of benzene rings is 1. The number of methoxy groups -OCH3 is 2. The SMILES string of the molecule is COc1cc(OC)cc(C(=O)N=C(C)N(C)C)c1. The van der Waals surface area contributed by atoms with E-state index in [-0.39, 0.29) is 5.91 Å². The lowest BCUT2D eigenvalue weighted by Gasteiger charge is -2.11. The zero-order chi connectivity index (χ0) is 13.7. The minimum atomic E-state index is -0.321. The van der Waals surface area contributed by atoms with Gasteiger partial charge >= 0.3 is 0 Å². The minimum Gasteiger partial charge on any atom is -0.497 e. The van der Waals surface area contributed by atoms with E-state index >= 15 is 0 Å². The third-order valence-corrected chi connectivity index (χ3v) is 2.51. The summed E-state index contributed by atoms with van der Waals surface area (Å²) in [6, 6.07) is 4.98. The Balaban J connectivity index is 3.09. The summed E-state index contributed by atoms with van der Waals surface area (Å²) in [5, 5.41) is 0. The second kappa shape index (κ2) is 6.05. The van der Waals surface area contributed by atoms with Crippen molar-refractivity contribution in [3.05, 3.63) is 23.8 Å². The molecule has 0 N–H and O–H groups in total. The first kappa shape index (κ1) is 14.0. The molecule has 0 heterocycles. The van der Waals surface area contributed by atoms with Gasteiger partial charge in [-0.1, -0.05) is 0 Å². The number of carbonyl (C=O) groups excluding carboxylic acids is 1. The van der Waals surface area contributed by atoms with E-state index in [0.29, 0.717) is 22.9 Å². The second-order valence-electron chi connectivity index (χ2n) is 3.96. The Morgan fingerprint density at radius 2 is 1.61 bits per heavy atom. The maximum Gasteiger partial charge on any atom is 0.278 e. The molecule has 0 aromatic heterocycles. The highest BCUT2D eigenvalue weighted by molar-refractivity contribution is 6.03. The molecule has 0 aliphatic rings. The fourth-order valence-electron chi connectivity index (χ4n) is 1.24. The van der Waals surface area contributed by atoms with Crippen LogP contribution in [-0.2, 0) is 0 Å². The lowest BCUT2D eigenvalue weighted by atomic mass is 10.2. The Kier molecular flexibility index (Phi) is 4.71. The molecule has 0 atom stereocenters. The number of hydrogen-bond donors (Lipinski definition) is 0. The fourth-order valence-corrected chi connectivity index (χ4v) is 1.24. The molecule has 0 radical (unpaired) electrons. The first-order valence-electron chi connectivity index (χ1n) is 5.48. The second-order valence-corrected chi connectivity index (χ2v) is 3.96. The van der Waals surface area contributed by atoms with Gasteiger partial charge in [0, 0.05) is 25.7 Å². The topological polar surface area (TPSA) is 51.1 Å². The zero-order valence-corrected chi connectivity index (χ0v) is 11.4. The molecule has 5 heteroatoms. The van der Waals surface area contributed by atoms with Gasteiger partial charge in [-0.25, -0.2) is 0 Å². The van der Waals surface area contributed by atoms with Gasteiger partial charge in [0.1, 0.15) is 17.3 Å². The molecule has 1 amide bonds. The van der Waals surface area contributed by atoms with Crippen molar-refractivity contribution in [1.82, 2.24) is 4.90 Å². The van der Waals surface area contributed by atoms with Crippen molar-refractivity contribution in [3.8, 4) is 11.5 Å². The van der Waals surface area contributed by atoms with Crippen molar-refractivity contribution >= 4 is 11.7 Å². The van der Waals surface area contributed by atoms with E-state index in [2.05, 4.69) is 4.99 Å². The maximum atomic E-state index is 12.0. The van der Waals surface area contributed by atoms with E-state index < -0.39 is 0 Å². The van der Waals surface area contributed by atoms with Crippen molar-refractivity contribution < 1.29 is 14.3 Å². The van der Waals surface area contributed by atoms with Crippen LogP contribution in [0.1, 0.15) is 17.3 Å². The van der Waals surface area contributed by atoms with Crippen LogP contribution in [0.2, 0.25) is 0 Å². The van der Waals surface area contributed by atoms with Gasteiger partial charge in [0.2, 0.25) is 0 Å². The first-order chi connectivity index (χ1) is 8.47. The summed E-state index contributed by atoms with van der Waals surface area (Å²) >= 11 is 0. The molecule has 1 rings (SSSR count). The number of hydrogen-bond acceptors (Lipinski definition) is 3. The highest BCUT2D eigenvalue weighted by atomic mass is 16.5. The number of nitrogens with zero attached hydrogens (tertiary/aromatic N) is 2. The summed E-state index contributed by atoms with van der Waals surface area (Å²) in [5.74, 6) is 1.45. The predicted octanol–water partition coefficient (Wildman–Crippen LogP) is 1.82. The normalized spacial score (nSPS) is 11.1. The Labute approximate surface area is 107 Å². The van der Waals surface area contributed by atoms with E-state index in [4.69, 9.17) is 9.47 Å². The largest absolute Gasteiger partial charge is 0.497 e. The third kappa shape index (κ3) is 3.48. The molecule has 0 saturated carbocycles. The van der Waals surface area contributed by atoms with Crippen molar-refractivity contribution in [2.45, 2.75) is 6.92 Å². The number of amidine groups is 1. The average molecular weight is 250 g/mol. The van der Waals surface area contributed by atoms with Crippen LogP contribution < -0.4 is 9.47 Å². The van der Waals surface area contributed by atoms with Gasteiger partial charge in [0.15, 0.2) is 0 Å². The van der Waals surface area contributed by atoms with Crippen molar-refractivity contribution in [3.63, 3.8) is 0 Å². The van der Waals surface area contributed by atoms with Gasteiger partial charge in [-0.15, -0.1) is 0 Å². The molecule has 98 valence electrons. The lowest BCUT2D eigenvalue weighted by molar-refractivity contribution is 0.100. The Bertz CT molecular complexity index is 445. The number of rotatable bonds is 3. The highest BCUT2D eigenvalue weighted by Gasteiger charge is 2.09. The van der Waals surface area contributed by atoms with E-state index in [1.54, 1.807) is 30.0 Å². The van der Waals surface area contributed by atoms with E-state index in [1.807, 2.05) is 14.1 Å². The quantitative estimate of drug-likeness (QED) is 0.606. The number of aliphatic imine (C=N–C) groups is 1. The van der Waals surface area contributed by atoms with Gasteiger partial charge in [0.25, 0.3) is 5.91 Å². The van der Waals surface area contributed by atoms with Crippen LogP contribution in [-0.4, -0.2) is 45.0 Å². The van der Waals surface area contributed by atoms with Crippen LogP contribution >= 0.6 is 0 Å². The van der Waals surface area contributed by atoms with Gasteiger partial charge in [-0.3, -0.25) is 4.79 Å². The molecule has 5 nitrogen and oxygen atoms in total. The molecule has 0 fully saturated rings. The summed E-state index contributed by atoms with van der Waals surface area (Å²) in [6.45, 7) is 1.77. The van der Waals surface area contributed by atoms with Gasteiger partial charge in [0.05, 0.1) is 14.2 Å². The molecule has 0 bridgehead atoms. The maximum absolute atomic E-state index is 12.0. The summed E-state index contributed by atoms with van der Waals surface area (Å²) in [5.41, 5.74) is 0.437. The van der Waals surface area contributed by atoms with Crippen molar-refractivity contribution in [2.24, 2.45) is 4.99 Å². The van der Waals surface area contributed by atoms with Gasteiger partial charge < -0.3 is 14.4 Å². The smallest absolute Gasteiger partial charge is 0.278 e. The summed E-state index contributed by atoms with van der Waals surface area (Å²) < 4.78 is 10.2. The summed E-state index contributed by atoms with van der Waals surface area (Å²) in [4.78, 5) is 17.7. The van der Waals surface area contributed by atoms with Crippen LogP contribution in [0.15, 0.2) is 23.2 Å². The van der Waals surface area contributed by atoms with Gasteiger partial charge in [-0.05, 0) is 19.1 Å². The third-order valence-electron chi connectivity index (χ3n) is 2.51. The minimum absolute atomic E-state index is 0.321. The van der Waals surface area contributed by atoms with Crippen LogP contribution in [0.4, 0.5) is 0 Å². The average Bonchev–Trinajstić information content (AvgIpc) is 2.37. The zero-order valence-electron chi connectivity index (χ0n) is 11.4. The molecule has 0 aliphatic heterocycles. The number of ether oxygens (including phenoxy) is 2. The molecule has 18 heavy (non-hydrogen) atoms. The molecule has 1 aromatic rings. The summed E-state index contributed by atoms with van der Waals surface area (Å²) in [7, 11) is 6.74. The Morgan fingerprint density at radius 3 is 2.00 bits per heavy atom. The van der Waals surface area contributed by atoms with Crippen LogP contribution in [0.5, 0.6) is 11.5 Å². The number of carbonyl (C=O) groups is 1. The van der Waals surface area contributed by atoms with E-state index in [1.165, 1.54) is 14.2 Å². The molecular formula is C13H18N2O3.